The van der Waals surface area contributed by atoms with Gasteiger partial charge in [0.25, 0.3) is 0 Å². The van der Waals surface area contributed by atoms with Crippen LogP contribution >= 0.6 is 0 Å². The zero-order chi connectivity index (χ0) is 25.4. The van der Waals surface area contributed by atoms with E-state index >= 15 is 0 Å². The summed E-state index contributed by atoms with van der Waals surface area (Å²) in [4.78, 5) is 34.0. The number of nitrogens with zero attached hydrogens (tertiary/aromatic N) is 6. The van der Waals surface area contributed by atoms with Crippen molar-refractivity contribution in [2.45, 2.75) is 33.1 Å². The SMILES string of the molecule is CCCCC(=O)Nc1cncc(-c2ccc3[nH]nc(-c4nc5c(-n6cnc(C)c6)cccc5[nH]4)c3n2)c1. The van der Waals surface area contributed by atoms with E-state index in [1.807, 2.05) is 54.1 Å². The minimum atomic E-state index is -0.0172. The number of hydrogen-bond acceptors (Lipinski definition) is 6. The largest absolute Gasteiger partial charge is 0.336 e. The van der Waals surface area contributed by atoms with E-state index in [2.05, 4.69) is 37.4 Å². The Kier molecular flexibility index (Phi) is 5.68. The van der Waals surface area contributed by atoms with Gasteiger partial charge >= 0.3 is 0 Å². The first kappa shape index (κ1) is 22.6. The van der Waals surface area contributed by atoms with Gasteiger partial charge in [-0.3, -0.25) is 14.9 Å². The van der Waals surface area contributed by atoms with Gasteiger partial charge in [-0.2, -0.15) is 5.10 Å². The number of aryl methyl sites for hydroxylation is 1. The third-order valence-corrected chi connectivity index (χ3v) is 6.19. The Labute approximate surface area is 212 Å². The quantitative estimate of drug-likeness (QED) is 0.282. The zero-order valence-corrected chi connectivity index (χ0v) is 20.5. The van der Waals surface area contributed by atoms with Crippen LogP contribution in [0.4, 0.5) is 5.69 Å². The highest BCUT2D eigenvalue weighted by Crippen LogP contribution is 2.30. The minimum Gasteiger partial charge on any atom is -0.336 e. The Bertz CT molecular complexity index is 1740. The molecule has 1 aromatic carbocycles. The van der Waals surface area contributed by atoms with Gasteiger partial charge < -0.3 is 14.9 Å². The van der Waals surface area contributed by atoms with Crippen LogP contribution in [0.15, 0.2) is 61.3 Å². The molecule has 10 heteroatoms. The molecule has 0 fully saturated rings. The number of benzene rings is 1. The molecule has 0 unspecified atom stereocenters. The third-order valence-electron chi connectivity index (χ3n) is 6.19. The maximum absolute atomic E-state index is 12.2. The third kappa shape index (κ3) is 4.33. The predicted molar refractivity (Wildman–Crippen MR) is 142 cm³/mol. The molecule has 0 bridgehead atoms. The van der Waals surface area contributed by atoms with Crippen LogP contribution in [-0.4, -0.2) is 45.6 Å². The van der Waals surface area contributed by atoms with Crippen molar-refractivity contribution in [3.63, 3.8) is 0 Å². The summed E-state index contributed by atoms with van der Waals surface area (Å²) in [6.45, 7) is 4.02. The van der Waals surface area contributed by atoms with Crippen molar-refractivity contribution >= 4 is 33.7 Å². The molecule has 6 rings (SSSR count). The number of pyridine rings is 2. The second-order valence-electron chi connectivity index (χ2n) is 8.96. The topological polar surface area (TPSA) is 130 Å². The summed E-state index contributed by atoms with van der Waals surface area (Å²) in [5, 5.41) is 10.5. The number of H-pyrrole nitrogens is 2. The second kappa shape index (κ2) is 9.30. The Morgan fingerprint density at radius 1 is 1.08 bits per heavy atom. The Morgan fingerprint density at radius 3 is 2.84 bits per heavy atom. The standard InChI is InChI=1S/C27H25N9O/c1-3-4-8-23(37)30-18-11-17(12-28-13-18)19-9-10-21-25(31-19)26(35-34-21)27-32-20-6-5-7-22(24(20)33-27)36-14-16(2)29-15-36/h5-7,9-15H,3-4,8H2,1-2H3,(H,30,37)(H,32,33)(H,34,35). The number of unbranched alkanes of at least 4 members (excludes halogenated alkanes) is 1. The van der Waals surface area contributed by atoms with Gasteiger partial charge in [-0.25, -0.2) is 15.0 Å². The van der Waals surface area contributed by atoms with E-state index in [0.29, 0.717) is 29.1 Å². The van der Waals surface area contributed by atoms with Crippen molar-refractivity contribution < 1.29 is 4.79 Å². The van der Waals surface area contributed by atoms with E-state index in [4.69, 9.17) is 9.97 Å². The molecule has 5 heterocycles. The number of carbonyl (C=O) groups excluding carboxylic acids is 1. The molecule has 0 aliphatic heterocycles. The van der Waals surface area contributed by atoms with Gasteiger partial charge in [0.15, 0.2) is 11.5 Å². The molecule has 0 spiro atoms. The molecule has 0 aliphatic carbocycles. The summed E-state index contributed by atoms with van der Waals surface area (Å²) in [5.41, 5.74) is 7.84. The lowest BCUT2D eigenvalue weighted by Crippen LogP contribution is -2.11. The molecule has 37 heavy (non-hydrogen) atoms. The first-order valence-electron chi connectivity index (χ1n) is 12.2. The molecule has 0 saturated carbocycles. The smallest absolute Gasteiger partial charge is 0.224 e. The number of amides is 1. The van der Waals surface area contributed by atoms with E-state index in [1.165, 1.54) is 0 Å². The van der Waals surface area contributed by atoms with Gasteiger partial charge in [0.2, 0.25) is 5.91 Å². The molecule has 0 radical (unpaired) electrons. The van der Waals surface area contributed by atoms with Crippen LogP contribution < -0.4 is 5.32 Å². The summed E-state index contributed by atoms with van der Waals surface area (Å²) in [6, 6.07) is 11.7. The van der Waals surface area contributed by atoms with Gasteiger partial charge in [0.1, 0.15) is 11.0 Å². The molecule has 0 atom stereocenters. The molecule has 184 valence electrons. The van der Waals surface area contributed by atoms with Crippen LogP contribution in [0.2, 0.25) is 0 Å². The molecule has 1 amide bonds. The predicted octanol–water partition coefficient (Wildman–Crippen LogP) is 5.19. The number of fused-ring (bicyclic) bond motifs is 2. The van der Waals surface area contributed by atoms with Crippen LogP contribution in [0, 0.1) is 6.92 Å². The zero-order valence-electron chi connectivity index (χ0n) is 20.5. The van der Waals surface area contributed by atoms with Gasteiger partial charge in [-0.15, -0.1) is 0 Å². The van der Waals surface area contributed by atoms with Crippen molar-refractivity contribution in [3.8, 4) is 28.5 Å². The Morgan fingerprint density at radius 2 is 2.00 bits per heavy atom. The lowest BCUT2D eigenvalue weighted by molar-refractivity contribution is -0.116. The summed E-state index contributed by atoms with van der Waals surface area (Å²) in [6.07, 6.45) is 9.44. The molecular formula is C27H25N9O. The number of hydrogen-bond donors (Lipinski definition) is 3. The Balaban J connectivity index is 1.37. The monoisotopic (exact) mass is 491 g/mol. The second-order valence-corrected chi connectivity index (χ2v) is 8.96. The Hall–Kier alpha value is -4.86. The number of nitrogens with one attached hydrogen (secondary N) is 3. The van der Waals surface area contributed by atoms with Crippen LogP contribution in [0.5, 0.6) is 0 Å². The van der Waals surface area contributed by atoms with E-state index in [0.717, 1.165) is 52.0 Å². The van der Waals surface area contributed by atoms with E-state index in [-0.39, 0.29) is 5.91 Å². The molecule has 0 aliphatic rings. The number of anilines is 1. The fourth-order valence-corrected chi connectivity index (χ4v) is 4.32. The lowest BCUT2D eigenvalue weighted by Gasteiger charge is -2.07. The summed E-state index contributed by atoms with van der Waals surface area (Å²) < 4.78 is 1.96. The number of carbonyl (C=O) groups is 1. The van der Waals surface area contributed by atoms with E-state index in [1.54, 1.807) is 18.7 Å². The number of aromatic nitrogens is 8. The fraction of sp³-hybridized carbons (Fsp3) is 0.185. The minimum absolute atomic E-state index is 0.0172. The molecule has 0 saturated heterocycles. The average Bonchev–Trinajstić information content (AvgIpc) is 3.64. The normalized spacial score (nSPS) is 11.4. The molecular weight excluding hydrogens is 466 g/mol. The van der Waals surface area contributed by atoms with Crippen LogP contribution in [0.25, 0.3) is 50.5 Å². The highest BCUT2D eigenvalue weighted by molar-refractivity contribution is 5.94. The molecule has 10 nitrogen and oxygen atoms in total. The van der Waals surface area contributed by atoms with Crippen molar-refractivity contribution in [3.05, 3.63) is 67.0 Å². The summed E-state index contributed by atoms with van der Waals surface area (Å²) >= 11 is 0. The fourth-order valence-electron chi connectivity index (χ4n) is 4.32. The van der Waals surface area contributed by atoms with Crippen molar-refractivity contribution in [1.29, 1.82) is 0 Å². The summed E-state index contributed by atoms with van der Waals surface area (Å²) in [7, 11) is 0. The van der Waals surface area contributed by atoms with Crippen LogP contribution in [0.1, 0.15) is 31.9 Å². The van der Waals surface area contributed by atoms with Gasteiger partial charge in [0, 0.05) is 24.4 Å². The highest BCUT2D eigenvalue weighted by atomic mass is 16.1. The first-order chi connectivity index (χ1) is 18.1. The van der Waals surface area contributed by atoms with Gasteiger partial charge in [-0.05, 0) is 43.7 Å². The molecule has 6 aromatic rings. The summed E-state index contributed by atoms with van der Waals surface area (Å²) in [5.74, 6) is 0.599. The van der Waals surface area contributed by atoms with E-state index in [9.17, 15) is 4.79 Å². The molecule has 5 aromatic heterocycles. The lowest BCUT2D eigenvalue weighted by atomic mass is 10.1. The molecule has 3 N–H and O–H groups in total. The van der Waals surface area contributed by atoms with Crippen molar-refractivity contribution in [2.75, 3.05) is 5.32 Å². The maximum atomic E-state index is 12.2. The van der Waals surface area contributed by atoms with Crippen LogP contribution in [0.3, 0.4) is 0 Å². The highest BCUT2D eigenvalue weighted by Gasteiger charge is 2.17. The van der Waals surface area contributed by atoms with Crippen molar-refractivity contribution in [2.24, 2.45) is 0 Å². The number of para-hydroxylation sites is 1. The maximum Gasteiger partial charge on any atom is 0.224 e. The van der Waals surface area contributed by atoms with Gasteiger partial charge in [0.05, 0.1) is 46.3 Å². The average molecular weight is 492 g/mol. The number of aromatic amines is 2. The number of rotatable bonds is 7. The number of imidazole rings is 2. The van der Waals surface area contributed by atoms with Crippen LogP contribution in [-0.2, 0) is 4.79 Å². The first-order valence-corrected chi connectivity index (χ1v) is 12.2. The van der Waals surface area contributed by atoms with Crippen molar-refractivity contribution in [1.82, 2.24) is 39.7 Å². The van der Waals surface area contributed by atoms with Gasteiger partial charge in [-0.1, -0.05) is 19.4 Å². The van der Waals surface area contributed by atoms with E-state index < -0.39 is 0 Å².